The molecule has 1 rings (SSSR count). The highest BCUT2D eigenvalue weighted by Crippen LogP contribution is 2.26. The molecule has 1 aromatic carbocycles. The Morgan fingerprint density at radius 3 is 2.74 bits per heavy atom. The average molecular weight is 308 g/mol. The van der Waals surface area contributed by atoms with E-state index in [-0.39, 0.29) is 12.6 Å². The van der Waals surface area contributed by atoms with E-state index in [0.717, 1.165) is 0 Å². The third-order valence-electron chi connectivity index (χ3n) is 2.76. The fourth-order valence-electron chi connectivity index (χ4n) is 1.76. The number of nitrogens with one attached hydrogen (secondary N) is 1. The lowest BCUT2D eigenvalue weighted by Crippen LogP contribution is -2.36. The molecule has 3 N–H and O–H groups in total. The van der Waals surface area contributed by atoms with Crippen LogP contribution in [0.5, 0.6) is 0 Å². The molecule has 2 unspecified atom stereocenters. The van der Waals surface area contributed by atoms with Gasteiger partial charge in [0.05, 0.1) is 12.7 Å². The molecule has 0 fully saturated rings. The van der Waals surface area contributed by atoms with Gasteiger partial charge < -0.3 is 20.3 Å². The molecule has 0 aliphatic rings. The molecular formula is C13H19Cl2NO3. The molecule has 2 atom stereocenters. The first kappa shape index (κ1) is 16.7. The molecule has 1 aromatic rings. The zero-order valence-corrected chi connectivity index (χ0v) is 12.3. The van der Waals surface area contributed by atoms with Crippen LogP contribution in [0.3, 0.4) is 0 Å². The largest absolute Gasteiger partial charge is 0.396 e. The average Bonchev–Trinajstić information content (AvgIpc) is 2.39. The lowest BCUT2D eigenvalue weighted by molar-refractivity contribution is 0.127. The second-order valence-electron chi connectivity index (χ2n) is 4.25. The number of methoxy groups -OCH3 is 1. The first-order valence-electron chi connectivity index (χ1n) is 6.04. The van der Waals surface area contributed by atoms with Crippen molar-refractivity contribution < 1.29 is 14.9 Å². The molecule has 4 nitrogen and oxygen atoms in total. The normalized spacial score (nSPS) is 14.4. The van der Waals surface area contributed by atoms with Crippen LogP contribution in [0.1, 0.15) is 18.1 Å². The van der Waals surface area contributed by atoms with E-state index in [4.69, 9.17) is 33.0 Å². The molecule has 0 spiro atoms. The van der Waals surface area contributed by atoms with Gasteiger partial charge in [0.2, 0.25) is 0 Å². The number of hydrogen-bond donors (Lipinski definition) is 3. The molecule has 0 aromatic heterocycles. The number of aliphatic hydroxyl groups excluding tert-OH is 2. The predicted octanol–water partition coefficient (Wildman–Crippen LogP) is 2.01. The van der Waals surface area contributed by atoms with Crippen molar-refractivity contribution in [1.29, 1.82) is 0 Å². The number of benzene rings is 1. The number of rotatable bonds is 8. The molecule has 0 aliphatic carbocycles. The Balaban J connectivity index is 2.58. The zero-order chi connectivity index (χ0) is 14.3. The Bertz CT molecular complexity index is 384. The van der Waals surface area contributed by atoms with E-state index in [9.17, 15) is 5.11 Å². The molecule has 6 heteroatoms. The van der Waals surface area contributed by atoms with Crippen molar-refractivity contribution in [1.82, 2.24) is 5.32 Å². The van der Waals surface area contributed by atoms with E-state index in [1.807, 2.05) is 0 Å². The highest BCUT2D eigenvalue weighted by Gasteiger charge is 2.15. The first-order valence-corrected chi connectivity index (χ1v) is 6.80. The van der Waals surface area contributed by atoms with Crippen molar-refractivity contribution in [3.8, 4) is 0 Å². The summed E-state index contributed by atoms with van der Waals surface area (Å²) < 4.78 is 5.03. The molecule has 0 aliphatic heterocycles. The number of aliphatic hydroxyl groups is 2. The lowest BCUT2D eigenvalue weighted by atomic mass is 10.1. The van der Waals surface area contributed by atoms with Crippen molar-refractivity contribution in [2.45, 2.75) is 18.6 Å². The fraction of sp³-hybridized carbons (Fsp3) is 0.538. The second-order valence-corrected chi connectivity index (χ2v) is 5.10. The highest BCUT2D eigenvalue weighted by molar-refractivity contribution is 6.33. The summed E-state index contributed by atoms with van der Waals surface area (Å²) in [6.45, 7) is 0.847. The summed E-state index contributed by atoms with van der Waals surface area (Å²) >= 11 is 11.9. The predicted molar refractivity (Wildman–Crippen MR) is 76.8 cm³/mol. The second kappa shape index (κ2) is 8.74. The summed E-state index contributed by atoms with van der Waals surface area (Å²) in [4.78, 5) is 0. The molecule has 108 valence electrons. The number of hydrogen-bond acceptors (Lipinski definition) is 4. The monoisotopic (exact) mass is 307 g/mol. The Hall–Kier alpha value is -0.360. The topological polar surface area (TPSA) is 61.7 Å². The minimum Gasteiger partial charge on any atom is -0.396 e. The van der Waals surface area contributed by atoms with Crippen molar-refractivity contribution in [3.63, 3.8) is 0 Å². The molecule has 0 amide bonds. The zero-order valence-electron chi connectivity index (χ0n) is 10.8. The van der Waals surface area contributed by atoms with Crippen LogP contribution in [0, 0.1) is 0 Å². The van der Waals surface area contributed by atoms with E-state index in [0.29, 0.717) is 35.2 Å². The Labute approximate surface area is 123 Å². The summed E-state index contributed by atoms with van der Waals surface area (Å²) in [6, 6.07) is 4.96. The van der Waals surface area contributed by atoms with Crippen LogP contribution < -0.4 is 5.32 Å². The van der Waals surface area contributed by atoms with Crippen LogP contribution in [-0.4, -0.2) is 43.1 Å². The van der Waals surface area contributed by atoms with Crippen LogP contribution in [0.4, 0.5) is 0 Å². The summed E-state index contributed by atoms with van der Waals surface area (Å²) in [6.07, 6.45) is -0.201. The van der Waals surface area contributed by atoms with Crippen molar-refractivity contribution in [2.24, 2.45) is 0 Å². The third kappa shape index (κ3) is 5.65. The summed E-state index contributed by atoms with van der Waals surface area (Å²) in [5.41, 5.74) is 0.585. The lowest BCUT2D eigenvalue weighted by Gasteiger charge is -2.20. The summed E-state index contributed by atoms with van der Waals surface area (Å²) in [5.74, 6) is 0. The van der Waals surface area contributed by atoms with Crippen molar-refractivity contribution >= 4 is 23.2 Å². The van der Waals surface area contributed by atoms with Crippen molar-refractivity contribution in [2.75, 3.05) is 26.9 Å². The molecule has 0 heterocycles. The van der Waals surface area contributed by atoms with E-state index in [1.165, 1.54) is 0 Å². The highest BCUT2D eigenvalue weighted by atomic mass is 35.5. The molecular weight excluding hydrogens is 289 g/mol. The molecule has 19 heavy (non-hydrogen) atoms. The number of ether oxygens (including phenoxy) is 1. The van der Waals surface area contributed by atoms with Crippen LogP contribution in [0.25, 0.3) is 0 Å². The molecule has 0 saturated carbocycles. The minimum atomic E-state index is -0.760. The first-order chi connectivity index (χ1) is 9.08. The summed E-state index contributed by atoms with van der Waals surface area (Å²) in [7, 11) is 1.59. The van der Waals surface area contributed by atoms with Gasteiger partial charge in [-0.3, -0.25) is 0 Å². The molecule has 0 bridgehead atoms. The van der Waals surface area contributed by atoms with Gasteiger partial charge in [0, 0.05) is 41.9 Å². The van der Waals surface area contributed by atoms with Gasteiger partial charge >= 0.3 is 0 Å². The maximum Gasteiger partial charge on any atom is 0.0929 e. The fourth-order valence-corrected chi connectivity index (χ4v) is 2.18. The Morgan fingerprint density at radius 1 is 1.37 bits per heavy atom. The molecule has 0 saturated heterocycles. The van der Waals surface area contributed by atoms with Gasteiger partial charge in [-0.2, -0.15) is 0 Å². The van der Waals surface area contributed by atoms with Gasteiger partial charge in [0.25, 0.3) is 0 Å². The van der Waals surface area contributed by atoms with Crippen LogP contribution in [0.15, 0.2) is 18.2 Å². The van der Waals surface area contributed by atoms with E-state index in [2.05, 4.69) is 5.32 Å². The summed E-state index contributed by atoms with van der Waals surface area (Å²) in [5, 5.41) is 23.2. The quantitative estimate of drug-likeness (QED) is 0.687. The standard InChI is InChI=1S/C13H19Cl2NO3/c1-19-8-10(4-5-17)16-7-13(18)11-6-9(14)2-3-12(11)15/h2-3,6,10,13,16-18H,4-5,7-8H2,1H3. The molecule has 0 radical (unpaired) electrons. The SMILES string of the molecule is COCC(CCO)NCC(O)c1cc(Cl)ccc1Cl. The van der Waals surface area contributed by atoms with E-state index < -0.39 is 6.10 Å². The van der Waals surface area contributed by atoms with Crippen LogP contribution in [0.2, 0.25) is 10.0 Å². The van der Waals surface area contributed by atoms with Crippen LogP contribution >= 0.6 is 23.2 Å². The van der Waals surface area contributed by atoms with Crippen molar-refractivity contribution in [3.05, 3.63) is 33.8 Å². The van der Waals surface area contributed by atoms with Gasteiger partial charge in [0.1, 0.15) is 0 Å². The maximum atomic E-state index is 10.1. The maximum absolute atomic E-state index is 10.1. The van der Waals surface area contributed by atoms with E-state index in [1.54, 1.807) is 25.3 Å². The van der Waals surface area contributed by atoms with Gasteiger partial charge in [-0.15, -0.1) is 0 Å². The van der Waals surface area contributed by atoms with E-state index >= 15 is 0 Å². The van der Waals surface area contributed by atoms with Gasteiger partial charge in [0.15, 0.2) is 0 Å². The van der Waals surface area contributed by atoms with Gasteiger partial charge in [-0.1, -0.05) is 23.2 Å². The Morgan fingerprint density at radius 2 is 2.11 bits per heavy atom. The van der Waals surface area contributed by atoms with Gasteiger partial charge in [-0.25, -0.2) is 0 Å². The smallest absolute Gasteiger partial charge is 0.0929 e. The minimum absolute atomic E-state index is 0.0115. The van der Waals surface area contributed by atoms with Gasteiger partial charge in [-0.05, 0) is 24.6 Å². The number of halogens is 2. The Kier molecular flexibility index (Phi) is 7.68. The van der Waals surface area contributed by atoms with Crippen LogP contribution in [-0.2, 0) is 4.74 Å². The third-order valence-corrected chi connectivity index (χ3v) is 3.34.